The molecule has 118 valence electrons. The monoisotopic (exact) mass is 294 g/mol. The van der Waals surface area contributed by atoms with Crippen molar-refractivity contribution in [2.24, 2.45) is 5.73 Å². The molecule has 1 aromatic rings. The summed E-state index contributed by atoms with van der Waals surface area (Å²) in [4.78, 5) is 14.3. The summed E-state index contributed by atoms with van der Waals surface area (Å²) in [5.41, 5.74) is 7.24. The van der Waals surface area contributed by atoms with Crippen LogP contribution in [0, 0.1) is 0 Å². The average molecular weight is 294 g/mol. The molecule has 0 heterocycles. The zero-order valence-corrected chi connectivity index (χ0v) is 13.0. The van der Waals surface area contributed by atoms with Crippen LogP contribution in [0.3, 0.4) is 0 Å². The van der Waals surface area contributed by atoms with Crippen LogP contribution in [0.1, 0.15) is 29.8 Å². The minimum Gasteiger partial charge on any atom is -0.380 e. The summed E-state index contributed by atoms with van der Waals surface area (Å²) in [5.74, 6) is -0.00953. The van der Waals surface area contributed by atoms with Gasteiger partial charge in [-0.05, 0) is 31.5 Å². The molecule has 1 amide bonds. The van der Waals surface area contributed by atoms with Crippen LogP contribution >= 0.6 is 0 Å². The predicted molar refractivity (Wildman–Crippen MR) is 83.2 cm³/mol. The molecule has 1 aromatic carbocycles. The summed E-state index contributed by atoms with van der Waals surface area (Å²) in [6.45, 7) is 7.80. The van der Waals surface area contributed by atoms with E-state index >= 15 is 0 Å². The van der Waals surface area contributed by atoms with E-state index < -0.39 is 0 Å². The van der Waals surface area contributed by atoms with E-state index in [9.17, 15) is 4.79 Å². The molecule has 0 atom stereocenters. The van der Waals surface area contributed by atoms with Crippen molar-refractivity contribution < 1.29 is 14.3 Å². The van der Waals surface area contributed by atoms with E-state index in [1.165, 1.54) is 0 Å². The van der Waals surface area contributed by atoms with Crippen LogP contribution in [0.4, 0.5) is 0 Å². The van der Waals surface area contributed by atoms with Crippen molar-refractivity contribution in [1.82, 2.24) is 4.90 Å². The molecule has 0 spiro atoms. The van der Waals surface area contributed by atoms with Gasteiger partial charge in [0, 0.05) is 38.4 Å². The van der Waals surface area contributed by atoms with E-state index in [4.69, 9.17) is 15.2 Å². The van der Waals surface area contributed by atoms with Crippen LogP contribution in [-0.2, 0) is 16.0 Å². The van der Waals surface area contributed by atoms with Gasteiger partial charge in [0.15, 0.2) is 0 Å². The lowest BCUT2D eigenvalue weighted by atomic mass is 10.1. The highest BCUT2D eigenvalue weighted by molar-refractivity contribution is 5.94. The molecule has 0 fully saturated rings. The fourth-order valence-corrected chi connectivity index (χ4v) is 1.97. The lowest BCUT2D eigenvalue weighted by molar-refractivity contribution is 0.0550. The Morgan fingerprint density at radius 3 is 2.29 bits per heavy atom. The maximum absolute atomic E-state index is 12.6. The quantitative estimate of drug-likeness (QED) is 0.667. The molecule has 5 heteroatoms. The normalized spacial score (nSPS) is 10.6. The Morgan fingerprint density at radius 2 is 1.76 bits per heavy atom. The molecule has 0 saturated heterocycles. The first-order valence-electron chi connectivity index (χ1n) is 7.46. The molecule has 2 N–H and O–H groups in total. The highest BCUT2D eigenvalue weighted by atomic mass is 16.5. The van der Waals surface area contributed by atoms with E-state index in [0.29, 0.717) is 51.6 Å². The van der Waals surface area contributed by atoms with Crippen molar-refractivity contribution in [2.75, 3.05) is 39.5 Å². The number of carbonyl (C=O) groups excluding carboxylic acids is 1. The molecule has 0 saturated carbocycles. The van der Waals surface area contributed by atoms with Gasteiger partial charge in [-0.25, -0.2) is 0 Å². The smallest absolute Gasteiger partial charge is 0.254 e. The number of nitrogens with two attached hydrogens (primary N) is 1. The first-order valence-corrected chi connectivity index (χ1v) is 7.46. The van der Waals surface area contributed by atoms with Crippen LogP contribution < -0.4 is 5.73 Å². The number of rotatable bonds is 10. The average Bonchev–Trinajstić information content (AvgIpc) is 2.53. The summed E-state index contributed by atoms with van der Waals surface area (Å²) >= 11 is 0. The summed E-state index contributed by atoms with van der Waals surface area (Å²) in [5, 5.41) is 0. The molecule has 0 aliphatic carbocycles. The number of carbonyl (C=O) groups is 1. The van der Waals surface area contributed by atoms with Crippen molar-refractivity contribution in [3.8, 4) is 0 Å². The van der Waals surface area contributed by atoms with Gasteiger partial charge in [-0.2, -0.15) is 0 Å². The number of amides is 1. The maximum atomic E-state index is 12.6. The molecular weight excluding hydrogens is 268 g/mol. The summed E-state index contributed by atoms with van der Waals surface area (Å²) < 4.78 is 10.7. The second kappa shape index (κ2) is 10.3. The molecule has 0 aliphatic heterocycles. The molecular formula is C16H26N2O3. The van der Waals surface area contributed by atoms with Crippen molar-refractivity contribution in [1.29, 1.82) is 0 Å². The number of nitrogens with zero attached hydrogens (tertiary/aromatic N) is 1. The van der Waals surface area contributed by atoms with E-state index in [1.807, 2.05) is 38.1 Å². The Bertz CT molecular complexity index is 414. The standard InChI is InChI=1S/C16H26N2O3/c1-3-20-10-8-18(9-11-21-4-2)16(19)15-7-5-6-14(12-15)13-17/h5-7,12H,3-4,8-11,13,17H2,1-2H3. The Hall–Kier alpha value is -1.43. The van der Waals surface area contributed by atoms with Gasteiger partial charge < -0.3 is 20.1 Å². The lowest BCUT2D eigenvalue weighted by Gasteiger charge is -2.23. The number of ether oxygens (including phenoxy) is 2. The van der Waals surface area contributed by atoms with Crippen molar-refractivity contribution in [3.63, 3.8) is 0 Å². The first-order chi connectivity index (χ1) is 10.2. The fraction of sp³-hybridized carbons (Fsp3) is 0.562. The predicted octanol–water partition coefficient (Wildman–Crippen LogP) is 1.66. The second-order valence-electron chi connectivity index (χ2n) is 4.59. The van der Waals surface area contributed by atoms with Crippen molar-refractivity contribution in [3.05, 3.63) is 35.4 Å². The minimum absolute atomic E-state index is 0.00953. The minimum atomic E-state index is -0.00953. The largest absolute Gasteiger partial charge is 0.380 e. The highest BCUT2D eigenvalue weighted by Crippen LogP contribution is 2.08. The van der Waals surface area contributed by atoms with E-state index in [1.54, 1.807) is 4.90 Å². The molecule has 0 aromatic heterocycles. The van der Waals surface area contributed by atoms with Gasteiger partial charge in [-0.15, -0.1) is 0 Å². The number of benzene rings is 1. The maximum Gasteiger partial charge on any atom is 0.254 e. The molecule has 5 nitrogen and oxygen atoms in total. The third-order valence-electron chi connectivity index (χ3n) is 3.12. The van der Waals surface area contributed by atoms with Gasteiger partial charge >= 0.3 is 0 Å². The van der Waals surface area contributed by atoms with Crippen LogP contribution in [0.25, 0.3) is 0 Å². The van der Waals surface area contributed by atoms with Crippen molar-refractivity contribution in [2.45, 2.75) is 20.4 Å². The highest BCUT2D eigenvalue weighted by Gasteiger charge is 2.15. The topological polar surface area (TPSA) is 64.8 Å². The SMILES string of the molecule is CCOCCN(CCOCC)C(=O)c1cccc(CN)c1. The molecule has 1 rings (SSSR count). The van der Waals surface area contributed by atoms with Crippen molar-refractivity contribution >= 4 is 5.91 Å². The van der Waals surface area contributed by atoms with E-state index in [-0.39, 0.29) is 5.91 Å². The van der Waals surface area contributed by atoms with E-state index in [0.717, 1.165) is 5.56 Å². The zero-order valence-electron chi connectivity index (χ0n) is 13.0. The Labute approximate surface area is 127 Å². The summed E-state index contributed by atoms with van der Waals surface area (Å²) in [6.07, 6.45) is 0. The third kappa shape index (κ3) is 6.25. The zero-order chi connectivity index (χ0) is 15.5. The van der Waals surface area contributed by atoms with Gasteiger partial charge in [0.05, 0.1) is 13.2 Å². The lowest BCUT2D eigenvalue weighted by Crippen LogP contribution is -2.36. The molecule has 21 heavy (non-hydrogen) atoms. The molecule has 0 radical (unpaired) electrons. The van der Waals surface area contributed by atoms with Crippen LogP contribution in [0.15, 0.2) is 24.3 Å². The summed E-state index contributed by atoms with van der Waals surface area (Å²) in [7, 11) is 0. The second-order valence-corrected chi connectivity index (χ2v) is 4.59. The Balaban J connectivity index is 2.71. The molecule has 0 unspecified atom stereocenters. The molecule has 0 bridgehead atoms. The Morgan fingerprint density at radius 1 is 1.14 bits per heavy atom. The number of hydrogen-bond acceptors (Lipinski definition) is 4. The van der Waals surface area contributed by atoms with Crippen LogP contribution in [0.5, 0.6) is 0 Å². The summed E-state index contributed by atoms with van der Waals surface area (Å²) in [6, 6.07) is 7.44. The van der Waals surface area contributed by atoms with Gasteiger partial charge in [-0.3, -0.25) is 4.79 Å². The third-order valence-corrected chi connectivity index (χ3v) is 3.12. The van der Waals surface area contributed by atoms with Gasteiger partial charge in [0.25, 0.3) is 5.91 Å². The van der Waals surface area contributed by atoms with Crippen LogP contribution in [0.2, 0.25) is 0 Å². The van der Waals surface area contributed by atoms with Gasteiger partial charge in [0.2, 0.25) is 0 Å². The number of hydrogen-bond donors (Lipinski definition) is 1. The Kier molecular flexibility index (Phi) is 8.66. The first kappa shape index (κ1) is 17.6. The van der Waals surface area contributed by atoms with E-state index in [2.05, 4.69) is 0 Å². The van der Waals surface area contributed by atoms with Crippen LogP contribution in [-0.4, -0.2) is 50.3 Å². The van der Waals surface area contributed by atoms with Gasteiger partial charge in [0.1, 0.15) is 0 Å². The fourth-order valence-electron chi connectivity index (χ4n) is 1.97. The molecule has 0 aliphatic rings. The van der Waals surface area contributed by atoms with Gasteiger partial charge in [-0.1, -0.05) is 12.1 Å².